The Balaban J connectivity index is 1.82. The average Bonchev–Trinajstić information content (AvgIpc) is 2.75. The van der Waals surface area contributed by atoms with Gasteiger partial charge < -0.3 is 26.0 Å². The van der Waals surface area contributed by atoms with Crippen molar-refractivity contribution in [3.8, 4) is 0 Å². The Morgan fingerprint density at radius 3 is 2.19 bits per heavy atom. The summed E-state index contributed by atoms with van der Waals surface area (Å²) in [6.07, 6.45) is 0.753. The third-order valence-electron chi connectivity index (χ3n) is 4.50. The molecule has 0 saturated carbocycles. The van der Waals surface area contributed by atoms with Gasteiger partial charge in [0.25, 0.3) is 5.91 Å². The van der Waals surface area contributed by atoms with Crippen molar-refractivity contribution in [3.63, 3.8) is 0 Å². The van der Waals surface area contributed by atoms with Gasteiger partial charge in [0.2, 0.25) is 11.8 Å². The van der Waals surface area contributed by atoms with Gasteiger partial charge in [-0.05, 0) is 48.9 Å². The molecule has 0 saturated heterocycles. The first-order valence-electron chi connectivity index (χ1n) is 10.5. The molecule has 0 fully saturated rings. The molecule has 0 aromatic heterocycles. The first-order valence-corrected chi connectivity index (χ1v) is 10.5. The van der Waals surface area contributed by atoms with Crippen LogP contribution in [0.25, 0.3) is 0 Å². The fourth-order valence-electron chi connectivity index (χ4n) is 2.64. The summed E-state index contributed by atoms with van der Waals surface area (Å²) in [5.41, 5.74) is 1.97. The van der Waals surface area contributed by atoms with E-state index in [-0.39, 0.29) is 24.3 Å². The minimum absolute atomic E-state index is 0.0567. The molecule has 0 radical (unpaired) electrons. The zero-order chi connectivity index (χ0) is 23.6. The quantitative estimate of drug-likeness (QED) is 0.423. The number of methoxy groups -OCH3 is 1. The van der Waals surface area contributed by atoms with Crippen LogP contribution in [-0.2, 0) is 14.3 Å². The van der Waals surface area contributed by atoms with E-state index >= 15 is 0 Å². The van der Waals surface area contributed by atoms with Crippen molar-refractivity contribution in [2.75, 3.05) is 42.8 Å². The van der Waals surface area contributed by atoms with E-state index in [0.29, 0.717) is 30.1 Å². The van der Waals surface area contributed by atoms with Gasteiger partial charge in [0.1, 0.15) is 0 Å². The number of carbonyl (C=O) groups excluding carboxylic acids is 3. The normalized spacial score (nSPS) is 10.9. The molecule has 0 unspecified atom stereocenters. The summed E-state index contributed by atoms with van der Waals surface area (Å²) in [6.45, 7) is 6.71. The lowest BCUT2D eigenvalue weighted by Gasteiger charge is -2.18. The second kappa shape index (κ2) is 11.9. The van der Waals surface area contributed by atoms with Crippen LogP contribution in [0.3, 0.4) is 0 Å². The lowest BCUT2D eigenvalue weighted by Crippen LogP contribution is -2.27. The summed E-state index contributed by atoms with van der Waals surface area (Å²) < 4.78 is 4.95. The third-order valence-corrected chi connectivity index (χ3v) is 4.50. The lowest BCUT2D eigenvalue weighted by molar-refractivity contribution is -0.123. The molecule has 0 heterocycles. The summed E-state index contributed by atoms with van der Waals surface area (Å²) in [4.78, 5) is 36.5. The van der Waals surface area contributed by atoms with E-state index in [1.54, 1.807) is 55.6 Å². The number of amides is 3. The molecule has 0 aliphatic carbocycles. The minimum Gasteiger partial charge on any atom is -0.385 e. The number of nitrogens with one attached hydrogen (secondary N) is 4. The van der Waals surface area contributed by atoms with Crippen LogP contribution in [0.1, 0.15) is 37.6 Å². The fraction of sp³-hybridized carbons (Fsp3) is 0.375. The SMILES string of the molecule is COCCCNC(=O)c1ccc(NCC(=O)Nc2cccc(NC(=O)C(C)(C)C)c2)cc1. The molecule has 8 nitrogen and oxygen atoms in total. The zero-order valence-corrected chi connectivity index (χ0v) is 19.1. The predicted octanol–water partition coefficient (Wildman–Crippen LogP) is 3.49. The van der Waals surface area contributed by atoms with Crippen LogP contribution in [0.5, 0.6) is 0 Å². The number of carbonyl (C=O) groups is 3. The van der Waals surface area contributed by atoms with Crippen LogP contribution in [0.2, 0.25) is 0 Å². The van der Waals surface area contributed by atoms with Gasteiger partial charge >= 0.3 is 0 Å². The summed E-state index contributed by atoms with van der Waals surface area (Å²) in [6, 6.07) is 13.9. The molecular formula is C24H32N4O4. The summed E-state index contributed by atoms with van der Waals surface area (Å²) in [5.74, 6) is -0.483. The Labute approximate surface area is 189 Å². The van der Waals surface area contributed by atoms with Gasteiger partial charge in [-0.25, -0.2) is 0 Å². The van der Waals surface area contributed by atoms with Crippen LogP contribution in [0, 0.1) is 5.41 Å². The van der Waals surface area contributed by atoms with Crippen molar-refractivity contribution in [1.82, 2.24) is 5.32 Å². The van der Waals surface area contributed by atoms with Crippen molar-refractivity contribution >= 4 is 34.8 Å². The van der Waals surface area contributed by atoms with E-state index in [0.717, 1.165) is 12.1 Å². The maximum atomic E-state index is 12.3. The highest BCUT2D eigenvalue weighted by Gasteiger charge is 2.21. The van der Waals surface area contributed by atoms with Gasteiger partial charge in [0.15, 0.2) is 0 Å². The van der Waals surface area contributed by atoms with Crippen molar-refractivity contribution < 1.29 is 19.1 Å². The highest BCUT2D eigenvalue weighted by Crippen LogP contribution is 2.20. The van der Waals surface area contributed by atoms with E-state index in [4.69, 9.17) is 4.74 Å². The number of hydrogen-bond donors (Lipinski definition) is 4. The Morgan fingerprint density at radius 2 is 1.56 bits per heavy atom. The predicted molar refractivity (Wildman–Crippen MR) is 127 cm³/mol. The minimum atomic E-state index is -0.511. The highest BCUT2D eigenvalue weighted by molar-refractivity contribution is 5.97. The fourth-order valence-corrected chi connectivity index (χ4v) is 2.64. The molecule has 0 aliphatic rings. The highest BCUT2D eigenvalue weighted by atomic mass is 16.5. The first-order chi connectivity index (χ1) is 15.2. The van der Waals surface area contributed by atoms with E-state index in [1.165, 1.54) is 0 Å². The molecule has 2 aromatic rings. The van der Waals surface area contributed by atoms with Gasteiger partial charge in [0, 0.05) is 48.3 Å². The molecular weight excluding hydrogens is 408 g/mol. The van der Waals surface area contributed by atoms with Crippen molar-refractivity contribution in [3.05, 3.63) is 54.1 Å². The maximum Gasteiger partial charge on any atom is 0.251 e. The van der Waals surface area contributed by atoms with Crippen LogP contribution in [-0.4, -0.2) is 44.5 Å². The van der Waals surface area contributed by atoms with Crippen LogP contribution in [0.4, 0.5) is 17.1 Å². The van der Waals surface area contributed by atoms with Crippen LogP contribution >= 0.6 is 0 Å². The molecule has 4 N–H and O–H groups in total. The molecule has 3 amide bonds. The Morgan fingerprint density at radius 1 is 0.906 bits per heavy atom. The number of rotatable bonds is 10. The van der Waals surface area contributed by atoms with Gasteiger partial charge in [0.05, 0.1) is 6.54 Å². The molecule has 8 heteroatoms. The average molecular weight is 441 g/mol. The first kappa shape index (κ1) is 24.9. The topological polar surface area (TPSA) is 109 Å². The molecule has 0 bridgehead atoms. The monoisotopic (exact) mass is 440 g/mol. The summed E-state index contributed by atoms with van der Waals surface area (Å²) in [7, 11) is 1.62. The Bertz CT molecular complexity index is 920. The van der Waals surface area contributed by atoms with Crippen molar-refractivity contribution in [2.24, 2.45) is 5.41 Å². The van der Waals surface area contributed by atoms with Gasteiger partial charge in [-0.3, -0.25) is 14.4 Å². The summed E-state index contributed by atoms with van der Waals surface area (Å²) in [5, 5.41) is 11.5. The van der Waals surface area contributed by atoms with Gasteiger partial charge in [-0.2, -0.15) is 0 Å². The second-order valence-corrected chi connectivity index (χ2v) is 8.37. The van der Waals surface area contributed by atoms with Crippen molar-refractivity contribution in [2.45, 2.75) is 27.2 Å². The van der Waals surface area contributed by atoms with Gasteiger partial charge in [-0.1, -0.05) is 26.8 Å². The molecule has 0 spiro atoms. The van der Waals surface area contributed by atoms with E-state index < -0.39 is 5.41 Å². The Kier molecular flexibility index (Phi) is 9.22. The van der Waals surface area contributed by atoms with E-state index in [1.807, 2.05) is 20.8 Å². The largest absolute Gasteiger partial charge is 0.385 e. The lowest BCUT2D eigenvalue weighted by atomic mass is 9.95. The van der Waals surface area contributed by atoms with E-state index in [2.05, 4.69) is 21.3 Å². The van der Waals surface area contributed by atoms with Crippen LogP contribution in [0.15, 0.2) is 48.5 Å². The number of ether oxygens (including phenoxy) is 1. The Hall–Kier alpha value is -3.39. The van der Waals surface area contributed by atoms with E-state index in [9.17, 15) is 14.4 Å². The number of hydrogen-bond acceptors (Lipinski definition) is 5. The van der Waals surface area contributed by atoms with Crippen molar-refractivity contribution in [1.29, 1.82) is 0 Å². The zero-order valence-electron chi connectivity index (χ0n) is 19.1. The third kappa shape index (κ3) is 8.39. The molecule has 32 heavy (non-hydrogen) atoms. The standard InChI is InChI=1S/C24H32N4O4/c1-24(2,3)23(31)28-20-8-5-7-19(15-20)27-21(29)16-26-18-11-9-17(10-12-18)22(30)25-13-6-14-32-4/h5,7-12,15,26H,6,13-14,16H2,1-4H3,(H,25,30)(H,27,29)(H,28,31). The smallest absolute Gasteiger partial charge is 0.251 e. The number of benzene rings is 2. The molecule has 2 rings (SSSR count). The number of anilines is 3. The van der Waals surface area contributed by atoms with Gasteiger partial charge in [-0.15, -0.1) is 0 Å². The molecule has 0 atom stereocenters. The maximum absolute atomic E-state index is 12.3. The van der Waals surface area contributed by atoms with Crippen LogP contribution < -0.4 is 21.3 Å². The molecule has 0 aliphatic heterocycles. The summed E-state index contributed by atoms with van der Waals surface area (Å²) >= 11 is 0. The molecule has 2 aromatic carbocycles. The second-order valence-electron chi connectivity index (χ2n) is 8.37. The molecule has 172 valence electrons.